The first-order chi connectivity index (χ1) is 11.6. The molecule has 0 N–H and O–H groups in total. The largest absolute Gasteiger partial charge is 0.462 e. The molecule has 120 valence electrons. The molecule has 0 atom stereocenters. The Hall–Kier alpha value is -2.81. The predicted octanol–water partition coefficient (Wildman–Crippen LogP) is 4.97. The number of hydrogen-bond donors (Lipinski definition) is 0. The van der Waals surface area contributed by atoms with E-state index >= 15 is 0 Å². The van der Waals surface area contributed by atoms with Crippen LogP contribution < -0.4 is 0 Å². The van der Waals surface area contributed by atoms with Gasteiger partial charge in [0.05, 0.1) is 23.2 Å². The van der Waals surface area contributed by atoms with Crippen molar-refractivity contribution in [2.24, 2.45) is 7.05 Å². The van der Waals surface area contributed by atoms with Gasteiger partial charge in [-0.15, -0.1) is 0 Å². The average molecular weight is 317 g/mol. The zero-order valence-electron chi connectivity index (χ0n) is 14.1. The van der Waals surface area contributed by atoms with Crippen molar-refractivity contribution < 1.29 is 9.53 Å². The minimum atomic E-state index is -0.266. The van der Waals surface area contributed by atoms with Crippen LogP contribution in [0.25, 0.3) is 32.6 Å². The van der Waals surface area contributed by atoms with Crippen LogP contribution in [0.3, 0.4) is 0 Å². The summed E-state index contributed by atoms with van der Waals surface area (Å²) in [4.78, 5) is 12.5. The predicted molar refractivity (Wildman–Crippen MR) is 98.6 cm³/mol. The number of esters is 1. The van der Waals surface area contributed by atoms with E-state index in [1.165, 1.54) is 21.9 Å². The van der Waals surface area contributed by atoms with Crippen molar-refractivity contribution in [1.29, 1.82) is 0 Å². The molecule has 0 radical (unpaired) electrons. The first kappa shape index (κ1) is 14.8. The highest BCUT2D eigenvalue weighted by Gasteiger charge is 2.18. The second kappa shape index (κ2) is 5.38. The Balaban J connectivity index is 2.25. The molecule has 0 aliphatic heterocycles. The number of aromatic nitrogens is 1. The number of ether oxygens (including phenoxy) is 1. The molecule has 3 aromatic carbocycles. The minimum absolute atomic E-state index is 0.266. The topological polar surface area (TPSA) is 31.2 Å². The standard InChI is InChI=1S/C21H19NO2/c1-4-24-21(23)17-12-18-19(15-10-6-5-9-14(15)17)16-11-7-8-13(2)20(16)22(18)3/h5-12H,4H2,1-3H3. The van der Waals surface area contributed by atoms with Crippen LogP contribution in [0.4, 0.5) is 0 Å². The molecule has 4 aromatic rings. The van der Waals surface area contributed by atoms with Gasteiger partial charge in [0.1, 0.15) is 0 Å². The van der Waals surface area contributed by atoms with E-state index in [0.717, 1.165) is 16.3 Å². The number of aryl methyl sites for hydroxylation is 2. The van der Waals surface area contributed by atoms with E-state index in [9.17, 15) is 4.79 Å². The second-order valence-electron chi connectivity index (χ2n) is 6.11. The molecule has 0 amide bonds. The molecule has 24 heavy (non-hydrogen) atoms. The molecule has 0 unspecified atom stereocenters. The first-order valence-corrected chi connectivity index (χ1v) is 8.20. The lowest BCUT2D eigenvalue weighted by Gasteiger charge is -2.09. The lowest BCUT2D eigenvalue weighted by molar-refractivity contribution is 0.0529. The highest BCUT2D eigenvalue weighted by Crippen LogP contribution is 2.37. The molecule has 0 aliphatic carbocycles. The molecule has 3 heteroatoms. The normalized spacial score (nSPS) is 11.5. The Kier molecular flexibility index (Phi) is 3.31. The molecule has 0 saturated carbocycles. The maximum atomic E-state index is 12.5. The summed E-state index contributed by atoms with van der Waals surface area (Å²) in [5.74, 6) is -0.266. The number of fused-ring (bicyclic) bond motifs is 5. The number of rotatable bonds is 2. The van der Waals surface area contributed by atoms with E-state index in [-0.39, 0.29) is 5.97 Å². The Morgan fingerprint density at radius 2 is 1.75 bits per heavy atom. The van der Waals surface area contributed by atoms with Gasteiger partial charge in [-0.3, -0.25) is 0 Å². The lowest BCUT2D eigenvalue weighted by atomic mass is 9.99. The Morgan fingerprint density at radius 3 is 2.50 bits per heavy atom. The summed E-state index contributed by atoms with van der Waals surface area (Å²) in [5, 5.41) is 4.45. The molecule has 0 fully saturated rings. The molecule has 0 saturated heterocycles. The summed E-state index contributed by atoms with van der Waals surface area (Å²) >= 11 is 0. The van der Waals surface area contributed by atoms with Gasteiger partial charge in [-0.25, -0.2) is 4.79 Å². The summed E-state index contributed by atoms with van der Waals surface area (Å²) in [7, 11) is 2.06. The number of carbonyl (C=O) groups is 1. The third-order valence-electron chi connectivity index (χ3n) is 4.72. The summed E-state index contributed by atoms with van der Waals surface area (Å²) in [6.07, 6.45) is 0. The van der Waals surface area contributed by atoms with E-state index in [1.54, 1.807) is 0 Å². The van der Waals surface area contributed by atoms with Crippen molar-refractivity contribution >= 4 is 38.5 Å². The van der Waals surface area contributed by atoms with Crippen LogP contribution in [-0.4, -0.2) is 17.1 Å². The highest BCUT2D eigenvalue weighted by atomic mass is 16.5. The first-order valence-electron chi connectivity index (χ1n) is 8.20. The molecule has 4 rings (SSSR count). The molecule has 1 aromatic heterocycles. The summed E-state index contributed by atoms with van der Waals surface area (Å²) < 4.78 is 7.45. The van der Waals surface area contributed by atoms with Crippen molar-refractivity contribution in [3.8, 4) is 0 Å². The van der Waals surface area contributed by atoms with E-state index in [4.69, 9.17) is 4.74 Å². The van der Waals surface area contributed by atoms with Gasteiger partial charge in [-0.1, -0.05) is 42.5 Å². The number of nitrogens with zero attached hydrogens (tertiary/aromatic N) is 1. The lowest BCUT2D eigenvalue weighted by Crippen LogP contribution is -2.05. The third kappa shape index (κ3) is 1.94. The fourth-order valence-corrected chi connectivity index (χ4v) is 3.71. The van der Waals surface area contributed by atoms with Gasteiger partial charge in [0.15, 0.2) is 0 Å². The maximum Gasteiger partial charge on any atom is 0.338 e. The quantitative estimate of drug-likeness (QED) is 0.489. The van der Waals surface area contributed by atoms with Gasteiger partial charge in [0, 0.05) is 17.8 Å². The molecule has 1 heterocycles. The van der Waals surface area contributed by atoms with Gasteiger partial charge in [-0.2, -0.15) is 0 Å². The number of benzene rings is 3. The third-order valence-corrected chi connectivity index (χ3v) is 4.72. The van der Waals surface area contributed by atoms with Gasteiger partial charge in [0.25, 0.3) is 0 Å². The van der Waals surface area contributed by atoms with Gasteiger partial charge < -0.3 is 9.30 Å². The summed E-state index contributed by atoms with van der Waals surface area (Å²) in [6.45, 7) is 4.33. The molecule has 0 aliphatic rings. The van der Waals surface area contributed by atoms with Gasteiger partial charge in [0.2, 0.25) is 0 Å². The fourth-order valence-electron chi connectivity index (χ4n) is 3.71. The Morgan fingerprint density at radius 1 is 1.04 bits per heavy atom. The molecule has 0 spiro atoms. The number of carbonyl (C=O) groups excluding carboxylic acids is 1. The van der Waals surface area contributed by atoms with E-state index in [1.807, 2.05) is 31.2 Å². The van der Waals surface area contributed by atoms with Crippen LogP contribution in [0.1, 0.15) is 22.8 Å². The van der Waals surface area contributed by atoms with Crippen molar-refractivity contribution in [3.05, 3.63) is 59.7 Å². The molecular formula is C21H19NO2. The van der Waals surface area contributed by atoms with E-state index in [0.29, 0.717) is 12.2 Å². The van der Waals surface area contributed by atoms with Crippen molar-refractivity contribution in [3.63, 3.8) is 0 Å². The number of para-hydroxylation sites is 1. The minimum Gasteiger partial charge on any atom is -0.462 e. The highest BCUT2D eigenvalue weighted by molar-refractivity contribution is 6.24. The molecule has 3 nitrogen and oxygen atoms in total. The summed E-state index contributed by atoms with van der Waals surface area (Å²) in [6, 6.07) is 16.4. The summed E-state index contributed by atoms with van der Waals surface area (Å²) in [5.41, 5.74) is 4.12. The average Bonchev–Trinajstić information content (AvgIpc) is 2.88. The fraction of sp³-hybridized carbons (Fsp3) is 0.190. The van der Waals surface area contributed by atoms with Crippen molar-refractivity contribution in [2.75, 3.05) is 6.61 Å². The Bertz CT molecular complexity index is 1110. The van der Waals surface area contributed by atoms with Crippen LogP contribution in [0.5, 0.6) is 0 Å². The smallest absolute Gasteiger partial charge is 0.338 e. The van der Waals surface area contributed by atoms with Crippen molar-refractivity contribution in [2.45, 2.75) is 13.8 Å². The van der Waals surface area contributed by atoms with Crippen LogP contribution in [-0.2, 0) is 11.8 Å². The number of hydrogen-bond acceptors (Lipinski definition) is 2. The zero-order chi connectivity index (χ0) is 16.8. The monoisotopic (exact) mass is 317 g/mol. The molecule has 0 bridgehead atoms. The van der Waals surface area contributed by atoms with Gasteiger partial charge >= 0.3 is 5.97 Å². The van der Waals surface area contributed by atoms with Crippen LogP contribution in [0.15, 0.2) is 48.5 Å². The second-order valence-corrected chi connectivity index (χ2v) is 6.11. The van der Waals surface area contributed by atoms with Crippen LogP contribution >= 0.6 is 0 Å². The maximum absolute atomic E-state index is 12.5. The Labute approximate surface area is 140 Å². The van der Waals surface area contributed by atoms with Crippen LogP contribution in [0.2, 0.25) is 0 Å². The van der Waals surface area contributed by atoms with E-state index < -0.39 is 0 Å². The van der Waals surface area contributed by atoms with Crippen LogP contribution in [0, 0.1) is 6.92 Å². The molecular weight excluding hydrogens is 298 g/mol. The SMILES string of the molecule is CCOC(=O)c1cc2c(c3ccccc13)c1cccc(C)c1n2C. The zero-order valence-corrected chi connectivity index (χ0v) is 14.1. The van der Waals surface area contributed by atoms with E-state index in [2.05, 4.69) is 42.8 Å². The van der Waals surface area contributed by atoms with Gasteiger partial charge in [-0.05, 0) is 36.2 Å². The van der Waals surface area contributed by atoms with Crippen molar-refractivity contribution in [1.82, 2.24) is 4.57 Å².